The van der Waals surface area contributed by atoms with E-state index in [1.165, 1.54) is 11.1 Å². The van der Waals surface area contributed by atoms with Crippen molar-refractivity contribution in [1.82, 2.24) is 10.3 Å². The highest BCUT2D eigenvalue weighted by Gasteiger charge is 2.32. The minimum absolute atomic E-state index is 0.0275. The van der Waals surface area contributed by atoms with Gasteiger partial charge in [-0.3, -0.25) is 5.32 Å². The molecule has 3 atom stereocenters. The molecule has 0 spiro atoms. The summed E-state index contributed by atoms with van der Waals surface area (Å²) >= 11 is 1.66. The van der Waals surface area contributed by atoms with Crippen molar-refractivity contribution in [2.24, 2.45) is 0 Å². The van der Waals surface area contributed by atoms with E-state index in [1.54, 1.807) is 11.3 Å². The SMILES string of the molecule is C[C@H](N[C@@H]1c2ccccc2C[C@@H]1O)c1nc(-c2ccccc2)cs1. The van der Waals surface area contributed by atoms with Gasteiger partial charge < -0.3 is 5.11 Å². The normalized spacial score (nSPS) is 20.8. The minimum Gasteiger partial charge on any atom is -0.391 e. The summed E-state index contributed by atoms with van der Waals surface area (Å²) in [7, 11) is 0. The minimum atomic E-state index is -0.376. The fourth-order valence-corrected chi connectivity index (χ4v) is 4.19. The van der Waals surface area contributed by atoms with E-state index >= 15 is 0 Å². The summed E-state index contributed by atoms with van der Waals surface area (Å²) in [6.45, 7) is 2.11. The molecule has 1 aromatic heterocycles. The Hall–Kier alpha value is -2.01. The molecule has 0 aliphatic heterocycles. The lowest BCUT2D eigenvalue weighted by molar-refractivity contribution is 0.136. The number of hydrogen-bond acceptors (Lipinski definition) is 4. The Bertz CT molecular complexity index is 830. The van der Waals surface area contributed by atoms with E-state index in [4.69, 9.17) is 4.98 Å². The van der Waals surface area contributed by atoms with Crippen LogP contribution in [0.2, 0.25) is 0 Å². The van der Waals surface area contributed by atoms with E-state index in [0.29, 0.717) is 6.42 Å². The van der Waals surface area contributed by atoms with Crippen molar-refractivity contribution in [3.63, 3.8) is 0 Å². The summed E-state index contributed by atoms with van der Waals surface area (Å²) in [5.41, 5.74) is 4.59. The average Bonchev–Trinajstić information content (AvgIpc) is 3.21. The van der Waals surface area contributed by atoms with Gasteiger partial charge in [0.2, 0.25) is 0 Å². The molecule has 1 aliphatic rings. The van der Waals surface area contributed by atoms with Crippen molar-refractivity contribution in [2.45, 2.75) is 31.5 Å². The molecule has 0 radical (unpaired) electrons. The topological polar surface area (TPSA) is 45.1 Å². The van der Waals surface area contributed by atoms with Gasteiger partial charge in [0.15, 0.2) is 0 Å². The zero-order valence-corrected chi connectivity index (χ0v) is 14.3. The van der Waals surface area contributed by atoms with Crippen LogP contribution in [0.4, 0.5) is 0 Å². The van der Waals surface area contributed by atoms with Gasteiger partial charge in [-0.2, -0.15) is 0 Å². The summed E-state index contributed by atoms with van der Waals surface area (Å²) in [4.78, 5) is 4.78. The van der Waals surface area contributed by atoms with Crippen LogP contribution < -0.4 is 5.32 Å². The van der Waals surface area contributed by atoms with Crippen LogP contribution in [-0.4, -0.2) is 16.2 Å². The van der Waals surface area contributed by atoms with Crippen molar-refractivity contribution < 1.29 is 5.11 Å². The van der Waals surface area contributed by atoms with Crippen molar-refractivity contribution >= 4 is 11.3 Å². The largest absolute Gasteiger partial charge is 0.391 e. The Kier molecular flexibility index (Phi) is 4.19. The molecule has 122 valence electrons. The first-order valence-electron chi connectivity index (χ1n) is 8.25. The van der Waals surface area contributed by atoms with Gasteiger partial charge in [0.05, 0.1) is 23.9 Å². The maximum atomic E-state index is 10.4. The zero-order valence-electron chi connectivity index (χ0n) is 13.5. The van der Waals surface area contributed by atoms with Crippen LogP contribution in [-0.2, 0) is 6.42 Å². The molecule has 0 fully saturated rings. The Morgan fingerprint density at radius 1 is 1.12 bits per heavy atom. The predicted octanol–water partition coefficient (Wildman–Crippen LogP) is 4.12. The summed E-state index contributed by atoms with van der Waals surface area (Å²) in [5, 5.41) is 17.1. The second-order valence-corrected chi connectivity index (χ2v) is 7.16. The highest BCUT2D eigenvalue weighted by Crippen LogP contribution is 2.34. The molecule has 0 bridgehead atoms. The van der Waals surface area contributed by atoms with Crippen LogP contribution >= 0.6 is 11.3 Å². The number of hydrogen-bond donors (Lipinski definition) is 2. The average molecular weight is 336 g/mol. The van der Waals surface area contributed by atoms with Crippen LogP contribution in [0.15, 0.2) is 60.0 Å². The second-order valence-electron chi connectivity index (χ2n) is 6.27. The molecule has 0 unspecified atom stereocenters. The molecule has 2 aromatic carbocycles. The maximum Gasteiger partial charge on any atom is 0.110 e. The standard InChI is InChI=1S/C20H20N2OS/c1-13(20-22-17(12-24-20)14-7-3-2-4-8-14)21-19-16-10-6-5-9-15(16)11-18(19)23/h2-10,12-13,18-19,21,23H,11H2,1H3/t13-,18-,19+/m0/s1. The third-order valence-corrected chi connectivity index (χ3v) is 5.62. The van der Waals surface area contributed by atoms with E-state index in [2.05, 4.69) is 41.9 Å². The first-order chi connectivity index (χ1) is 11.7. The number of nitrogens with one attached hydrogen (secondary N) is 1. The molecule has 3 nitrogen and oxygen atoms in total. The molecule has 0 saturated heterocycles. The number of benzene rings is 2. The van der Waals surface area contributed by atoms with Gasteiger partial charge in [-0.15, -0.1) is 11.3 Å². The quantitative estimate of drug-likeness (QED) is 0.753. The summed E-state index contributed by atoms with van der Waals surface area (Å²) in [6, 6.07) is 18.6. The third kappa shape index (κ3) is 2.88. The summed E-state index contributed by atoms with van der Waals surface area (Å²) in [5.74, 6) is 0. The highest BCUT2D eigenvalue weighted by atomic mass is 32.1. The number of thiazole rings is 1. The Balaban J connectivity index is 1.53. The van der Waals surface area contributed by atoms with E-state index < -0.39 is 0 Å². The van der Waals surface area contributed by atoms with Crippen LogP contribution in [0.5, 0.6) is 0 Å². The van der Waals surface area contributed by atoms with Gasteiger partial charge in [-0.25, -0.2) is 4.98 Å². The summed E-state index contributed by atoms with van der Waals surface area (Å²) < 4.78 is 0. The molecule has 1 heterocycles. The Morgan fingerprint density at radius 3 is 2.71 bits per heavy atom. The van der Waals surface area contributed by atoms with E-state index in [0.717, 1.165) is 16.3 Å². The van der Waals surface area contributed by atoms with Crippen LogP contribution in [0.3, 0.4) is 0 Å². The monoisotopic (exact) mass is 336 g/mol. The van der Waals surface area contributed by atoms with Gasteiger partial charge in [0.25, 0.3) is 0 Å². The third-order valence-electron chi connectivity index (χ3n) is 4.60. The van der Waals surface area contributed by atoms with Crippen LogP contribution in [0.25, 0.3) is 11.3 Å². The van der Waals surface area contributed by atoms with Gasteiger partial charge in [0.1, 0.15) is 5.01 Å². The Morgan fingerprint density at radius 2 is 1.88 bits per heavy atom. The van der Waals surface area contributed by atoms with E-state index in [9.17, 15) is 5.11 Å². The molecular weight excluding hydrogens is 316 g/mol. The van der Waals surface area contributed by atoms with E-state index in [1.807, 2.05) is 30.3 Å². The van der Waals surface area contributed by atoms with Crippen molar-refractivity contribution in [3.8, 4) is 11.3 Å². The first-order valence-corrected chi connectivity index (χ1v) is 9.13. The maximum absolute atomic E-state index is 10.4. The lowest BCUT2D eigenvalue weighted by atomic mass is 10.1. The number of aromatic nitrogens is 1. The fourth-order valence-electron chi connectivity index (χ4n) is 3.34. The van der Waals surface area contributed by atoms with Crippen molar-refractivity contribution in [2.75, 3.05) is 0 Å². The smallest absolute Gasteiger partial charge is 0.110 e. The van der Waals surface area contributed by atoms with Crippen molar-refractivity contribution in [1.29, 1.82) is 0 Å². The molecule has 1 aliphatic carbocycles. The van der Waals surface area contributed by atoms with Gasteiger partial charge in [0, 0.05) is 17.4 Å². The number of fused-ring (bicyclic) bond motifs is 1. The lowest BCUT2D eigenvalue weighted by Crippen LogP contribution is -2.30. The highest BCUT2D eigenvalue weighted by molar-refractivity contribution is 7.10. The fraction of sp³-hybridized carbons (Fsp3) is 0.250. The molecule has 24 heavy (non-hydrogen) atoms. The number of aliphatic hydroxyl groups is 1. The van der Waals surface area contributed by atoms with Gasteiger partial charge in [-0.05, 0) is 18.1 Å². The Labute approximate surface area is 146 Å². The van der Waals surface area contributed by atoms with Crippen molar-refractivity contribution in [3.05, 3.63) is 76.1 Å². The van der Waals surface area contributed by atoms with Gasteiger partial charge in [-0.1, -0.05) is 54.6 Å². The zero-order chi connectivity index (χ0) is 16.5. The number of aliphatic hydroxyl groups excluding tert-OH is 1. The summed E-state index contributed by atoms with van der Waals surface area (Å²) in [6.07, 6.45) is 0.339. The predicted molar refractivity (Wildman–Crippen MR) is 98.0 cm³/mol. The van der Waals surface area contributed by atoms with Crippen LogP contribution in [0, 0.1) is 0 Å². The van der Waals surface area contributed by atoms with Gasteiger partial charge >= 0.3 is 0 Å². The molecule has 2 N–H and O–H groups in total. The second kappa shape index (κ2) is 6.48. The molecule has 4 rings (SSSR count). The van der Waals surface area contributed by atoms with Crippen LogP contribution in [0.1, 0.15) is 35.1 Å². The molecular formula is C20H20N2OS. The molecule has 0 saturated carbocycles. The molecule has 3 aromatic rings. The lowest BCUT2D eigenvalue weighted by Gasteiger charge is -2.21. The molecule has 0 amide bonds. The molecule has 4 heteroatoms. The first kappa shape index (κ1) is 15.5. The number of rotatable bonds is 4. The van der Waals surface area contributed by atoms with E-state index in [-0.39, 0.29) is 18.2 Å². The number of nitrogens with zero attached hydrogens (tertiary/aromatic N) is 1.